The van der Waals surface area contributed by atoms with Crippen LogP contribution in [0.2, 0.25) is 0 Å². The minimum atomic E-state index is -0.323. The molecule has 4 rings (SSSR count). The van der Waals surface area contributed by atoms with Gasteiger partial charge in [0.25, 0.3) is 5.91 Å². The summed E-state index contributed by atoms with van der Waals surface area (Å²) in [7, 11) is 0. The van der Waals surface area contributed by atoms with Crippen molar-refractivity contribution < 1.29 is 14.3 Å². The highest BCUT2D eigenvalue weighted by molar-refractivity contribution is 5.95. The van der Waals surface area contributed by atoms with Crippen molar-refractivity contribution in [2.24, 2.45) is 0 Å². The lowest BCUT2D eigenvalue weighted by Crippen LogP contribution is -2.59. The normalized spacial score (nSPS) is 23.8. The summed E-state index contributed by atoms with van der Waals surface area (Å²) in [4.78, 5) is 15.1. The van der Waals surface area contributed by atoms with Crippen LogP contribution in [-0.2, 0) is 9.47 Å². The lowest BCUT2D eigenvalue weighted by molar-refractivity contribution is -0.0551. The lowest BCUT2D eigenvalue weighted by atomic mass is 9.95. The molecule has 24 heavy (non-hydrogen) atoms. The van der Waals surface area contributed by atoms with Gasteiger partial charge in [0.05, 0.1) is 42.3 Å². The number of hydrogen-bond donors (Lipinski definition) is 0. The minimum absolute atomic E-state index is 0.0171. The second-order valence-corrected chi connectivity index (χ2v) is 6.44. The third-order valence-electron chi connectivity index (χ3n) is 4.88. The van der Waals surface area contributed by atoms with Gasteiger partial charge in [-0.25, -0.2) is 4.68 Å². The summed E-state index contributed by atoms with van der Waals surface area (Å²) in [6, 6.07) is 9.83. The Hall–Kier alpha value is -2.18. The van der Waals surface area contributed by atoms with Crippen LogP contribution in [0.25, 0.3) is 5.69 Å². The molecular formula is C18H21N3O3. The number of aryl methyl sites for hydroxylation is 1. The molecule has 1 aromatic heterocycles. The summed E-state index contributed by atoms with van der Waals surface area (Å²) in [5.41, 5.74) is 2.01. The molecular weight excluding hydrogens is 306 g/mol. The van der Waals surface area contributed by atoms with Gasteiger partial charge in [0, 0.05) is 19.3 Å². The molecule has 2 saturated heterocycles. The zero-order valence-electron chi connectivity index (χ0n) is 13.8. The maximum atomic E-state index is 13.2. The summed E-state index contributed by atoms with van der Waals surface area (Å²) in [6.07, 6.45) is 2.65. The standard InChI is InChI=1S/C18H21N3O3/c1-14-16(11-21(19-14)15-5-3-2-4-6-15)17(22)20-8-10-24-13-18(20)7-9-23-12-18/h2-6,11H,7-10,12-13H2,1H3/t18-/m0/s1. The highest BCUT2D eigenvalue weighted by Gasteiger charge is 2.46. The SMILES string of the molecule is Cc1nn(-c2ccccc2)cc1C(=O)N1CCOC[C@@]12CCOC2. The number of hydrogen-bond acceptors (Lipinski definition) is 4. The first-order valence-electron chi connectivity index (χ1n) is 8.29. The smallest absolute Gasteiger partial charge is 0.258 e. The molecule has 6 nitrogen and oxygen atoms in total. The van der Waals surface area contributed by atoms with Crippen LogP contribution in [0.3, 0.4) is 0 Å². The fraction of sp³-hybridized carbons (Fsp3) is 0.444. The van der Waals surface area contributed by atoms with E-state index in [2.05, 4.69) is 5.10 Å². The Morgan fingerprint density at radius 3 is 2.67 bits per heavy atom. The van der Waals surface area contributed by atoms with Crippen molar-refractivity contribution in [2.45, 2.75) is 18.9 Å². The lowest BCUT2D eigenvalue weighted by Gasteiger charge is -2.43. The molecule has 1 amide bonds. The highest BCUT2D eigenvalue weighted by atomic mass is 16.5. The molecule has 2 aliphatic heterocycles. The topological polar surface area (TPSA) is 56.6 Å². The molecule has 3 heterocycles. The second kappa shape index (κ2) is 6.03. The number of ether oxygens (including phenoxy) is 2. The number of morpholine rings is 1. The van der Waals surface area contributed by atoms with Crippen LogP contribution in [0.4, 0.5) is 0 Å². The van der Waals surface area contributed by atoms with Crippen molar-refractivity contribution in [3.8, 4) is 5.69 Å². The van der Waals surface area contributed by atoms with Gasteiger partial charge in [0.2, 0.25) is 0 Å². The molecule has 1 atom stereocenters. The molecule has 1 spiro atoms. The van der Waals surface area contributed by atoms with E-state index >= 15 is 0 Å². The fourth-order valence-electron chi connectivity index (χ4n) is 3.50. The van der Waals surface area contributed by atoms with E-state index in [1.807, 2.05) is 48.4 Å². The first-order valence-corrected chi connectivity index (χ1v) is 8.29. The van der Waals surface area contributed by atoms with E-state index in [1.165, 1.54) is 0 Å². The monoisotopic (exact) mass is 327 g/mol. The molecule has 0 unspecified atom stereocenters. The van der Waals surface area contributed by atoms with Crippen LogP contribution >= 0.6 is 0 Å². The van der Waals surface area contributed by atoms with Crippen LogP contribution in [0, 0.1) is 6.92 Å². The van der Waals surface area contributed by atoms with Gasteiger partial charge in [-0.2, -0.15) is 5.10 Å². The maximum absolute atomic E-state index is 13.2. The Morgan fingerprint density at radius 1 is 1.17 bits per heavy atom. The van der Waals surface area contributed by atoms with Crippen molar-refractivity contribution in [1.82, 2.24) is 14.7 Å². The first kappa shape index (κ1) is 15.4. The van der Waals surface area contributed by atoms with Gasteiger partial charge in [0.1, 0.15) is 0 Å². The summed E-state index contributed by atoms with van der Waals surface area (Å²) in [6.45, 7) is 4.81. The quantitative estimate of drug-likeness (QED) is 0.844. The number of benzene rings is 1. The van der Waals surface area contributed by atoms with Gasteiger partial charge >= 0.3 is 0 Å². The van der Waals surface area contributed by atoms with Crippen molar-refractivity contribution in [3.63, 3.8) is 0 Å². The summed E-state index contributed by atoms with van der Waals surface area (Å²) in [5, 5.41) is 4.52. The average molecular weight is 327 g/mol. The Labute approximate surface area is 141 Å². The average Bonchev–Trinajstić information content (AvgIpc) is 3.23. The molecule has 0 bridgehead atoms. The van der Waals surface area contributed by atoms with E-state index < -0.39 is 0 Å². The van der Waals surface area contributed by atoms with Gasteiger partial charge < -0.3 is 14.4 Å². The predicted octanol–water partition coefficient (Wildman–Crippen LogP) is 1.81. The molecule has 0 aliphatic carbocycles. The van der Waals surface area contributed by atoms with Gasteiger partial charge in [-0.15, -0.1) is 0 Å². The Morgan fingerprint density at radius 2 is 1.92 bits per heavy atom. The Bertz CT molecular complexity index is 735. The first-order chi connectivity index (χ1) is 11.7. The Kier molecular flexibility index (Phi) is 3.86. The maximum Gasteiger partial charge on any atom is 0.258 e. The van der Waals surface area contributed by atoms with Gasteiger partial charge in [0.15, 0.2) is 0 Å². The molecule has 2 aromatic rings. The predicted molar refractivity (Wildman–Crippen MR) is 88.3 cm³/mol. The van der Waals surface area contributed by atoms with E-state index in [0.29, 0.717) is 38.5 Å². The summed E-state index contributed by atoms with van der Waals surface area (Å²) in [5.74, 6) is 0.0171. The van der Waals surface area contributed by atoms with E-state index in [0.717, 1.165) is 17.8 Å². The molecule has 0 radical (unpaired) electrons. The van der Waals surface area contributed by atoms with Gasteiger partial charge in [-0.3, -0.25) is 4.79 Å². The van der Waals surface area contributed by atoms with Crippen LogP contribution in [0.15, 0.2) is 36.5 Å². The number of carbonyl (C=O) groups is 1. The highest BCUT2D eigenvalue weighted by Crippen LogP contribution is 2.31. The molecule has 0 N–H and O–H groups in total. The van der Waals surface area contributed by atoms with Gasteiger partial charge in [-0.1, -0.05) is 18.2 Å². The molecule has 0 saturated carbocycles. The Balaban J connectivity index is 1.66. The van der Waals surface area contributed by atoms with Crippen molar-refractivity contribution >= 4 is 5.91 Å². The van der Waals surface area contributed by atoms with Crippen molar-refractivity contribution in [2.75, 3.05) is 33.0 Å². The van der Waals surface area contributed by atoms with Crippen LogP contribution in [0.5, 0.6) is 0 Å². The molecule has 126 valence electrons. The third kappa shape index (κ3) is 2.52. The molecule has 2 aliphatic rings. The number of amides is 1. The fourth-order valence-corrected chi connectivity index (χ4v) is 3.50. The molecule has 6 heteroatoms. The van der Waals surface area contributed by atoms with E-state index in [1.54, 1.807) is 4.68 Å². The summed E-state index contributed by atoms with van der Waals surface area (Å²) < 4.78 is 13.0. The van der Waals surface area contributed by atoms with Crippen molar-refractivity contribution in [3.05, 3.63) is 47.8 Å². The number of para-hydroxylation sites is 1. The number of aromatic nitrogens is 2. The summed E-state index contributed by atoms with van der Waals surface area (Å²) >= 11 is 0. The molecule has 1 aromatic carbocycles. The minimum Gasteiger partial charge on any atom is -0.379 e. The van der Waals surface area contributed by atoms with Crippen LogP contribution in [-0.4, -0.2) is 59.1 Å². The van der Waals surface area contributed by atoms with E-state index in [4.69, 9.17) is 9.47 Å². The van der Waals surface area contributed by atoms with E-state index in [9.17, 15) is 4.79 Å². The van der Waals surface area contributed by atoms with Gasteiger partial charge in [-0.05, 0) is 25.5 Å². The number of carbonyl (C=O) groups excluding carboxylic acids is 1. The number of nitrogens with zero attached hydrogens (tertiary/aromatic N) is 3. The third-order valence-corrected chi connectivity index (χ3v) is 4.88. The zero-order chi connectivity index (χ0) is 16.6. The zero-order valence-corrected chi connectivity index (χ0v) is 13.8. The van der Waals surface area contributed by atoms with Crippen molar-refractivity contribution in [1.29, 1.82) is 0 Å². The van der Waals surface area contributed by atoms with E-state index in [-0.39, 0.29) is 11.4 Å². The van der Waals surface area contributed by atoms with Crippen LogP contribution < -0.4 is 0 Å². The largest absolute Gasteiger partial charge is 0.379 e. The van der Waals surface area contributed by atoms with Crippen LogP contribution in [0.1, 0.15) is 22.5 Å². The second-order valence-electron chi connectivity index (χ2n) is 6.44. The number of rotatable bonds is 2. The molecule has 2 fully saturated rings.